The number of allylic oxidation sites excluding steroid dienone is 1. The minimum atomic E-state index is -0.806. The van der Waals surface area contributed by atoms with E-state index < -0.39 is 5.97 Å². The van der Waals surface area contributed by atoms with Gasteiger partial charge in [-0.2, -0.15) is 0 Å². The Morgan fingerprint density at radius 3 is 2.67 bits per heavy atom. The molecule has 2 heteroatoms. The second-order valence-electron chi connectivity index (χ2n) is 4.10. The molecule has 0 aromatic rings. The summed E-state index contributed by atoms with van der Waals surface area (Å²) in [6, 6.07) is 0. The lowest BCUT2D eigenvalue weighted by Gasteiger charge is -2.32. The van der Waals surface area contributed by atoms with Crippen molar-refractivity contribution in [2.75, 3.05) is 0 Å². The topological polar surface area (TPSA) is 37.3 Å². The molecule has 0 aromatic heterocycles. The van der Waals surface area contributed by atoms with Crippen LogP contribution >= 0.6 is 0 Å². The van der Waals surface area contributed by atoms with Crippen LogP contribution in [0.3, 0.4) is 0 Å². The predicted octanol–water partition coefficient (Wildman–Crippen LogP) is 2.60. The molecule has 1 aliphatic carbocycles. The van der Waals surface area contributed by atoms with Crippen LogP contribution in [0.4, 0.5) is 0 Å². The van der Waals surface area contributed by atoms with Gasteiger partial charge in [0, 0.05) is 6.08 Å². The summed E-state index contributed by atoms with van der Waals surface area (Å²) in [6.07, 6.45) is 5.83. The Hall–Kier alpha value is -0.790. The summed E-state index contributed by atoms with van der Waals surface area (Å²) in [4.78, 5) is 10.5. The van der Waals surface area contributed by atoms with Crippen molar-refractivity contribution in [3.63, 3.8) is 0 Å². The van der Waals surface area contributed by atoms with E-state index in [0.717, 1.165) is 24.8 Å². The molecule has 0 atom stereocenters. The maximum atomic E-state index is 10.5. The van der Waals surface area contributed by atoms with Crippen molar-refractivity contribution < 1.29 is 9.90 Å². The van der Waals surface area contributed by atoms with Crippen molar-refractivity contribution in [3.8, 4) is 0 Å². The van der Waals surface area contributed by atoms with Gasteiger partial charge in [0.1, 0.15) is 0 Å². The van der Waals surface area contributed by atoms with Crippen LogP contribution in [0.1, 0.15) is 39.5 Å². The van der Waals surface area contributed by atoms with Gasteiger partial charge < -0.3 is 5.11 Å². The SMILES string of the molecule is CC1(C)CCCC/C1=C/C(=O)O. The monoisotopic (exact) mass is 168 g/mol. The third-order valence-electron chi connectivity index (χ3n) is 2.66. The van der Waals surface area contributed by atoms with Gasteiger partial charge in [-0.25, -0.2) is 4.79 Å². The Kier molecular flexibility index (Phi) is 2.55. The second-order valence-corrected chi connectivity index (χ2v) is 4.10. The van der Waals surface area contributed by atoms with E-state index in [9.17, 15) is 4.79 Å². The van der Waals surface area contributed by atoms with Gasteiger partial charge in [0.05, 0.1) is 0 Å². The lowest BCUT2D eigenvalue weighted by atomic mass is 9.73. The van der Waals surface area contributed by atoms with Crippen molar-refractivity contribution in [1.82, 2.24) is 0 Å². The number of carboxylic acid groups (broad SMARTS) is 1. The number of aliphatic carboxylic acids is 1. The lowest BCUT2D eigenvalue weighted by molar-refractivity contribution is -0.131. The molecule has 1 fully saturated rings. The molecule has 0 radical (unpaired) electrons. The first-order valence-electron chi connectivity index (χ1n) is 4.46. The Morgan fingerprint density at radius 1 is 1.50 bits per heavy atom. The van der Waals surface area contributed by atoms with Gasteiger partial charge in [0.15, 0.2) is 0 Å². The molecule has 0 unspecified atom stereocenters. The van der Waals surface area contributed by atoms with E-state index in [1.807, 2.05) is 0 Å². The molecule has 0 aromatic carbocycles. The van der Waals surface area contributed by atoms with E-state index >= 15 is 0 Å². The molecule has 0 bridgehead atoms. The van der Waals surface area contributed by atoms with Crippen LogP contribution in [0, 0.1) is 5.41 Å². The molecule has 0 aliphatic heterocycles. The number of carbonyl (C=O) groups is 1. The normalized spacial score (nSPS) is 25.7. The van der Waals surface area contributed by atoms with Gasteiger partial charge >= 0.3 is 5.97 Å². The summed E-state index contributed by atoms with van der Waals surface area (Å²) in [5, 5.41) is 8.62. The van der Waals surface area contributed by atoms with Crippen LogP contribution in [0.15, 0.2) is 11.6 Å². The zero-order valence-corrected chi connectivity index (χ0v) is 7.76. The van der Waals surface area contributed by atoms with Gasteiger partial charge in [-0.15, -0.1) is 0 Å². The number of hydrogen-bond acceptors (Lipinski definition) is 1. The molecule has 68 valence electrons. The summed E-state index contributed by atoms with van der Waals surface area (Å²) in [7, 11) is 0. The maximum Gasteiger partial charge on any atom is 0.328 e. The fraction of sp³-hybridized carbons (Fsp3) is 0.700. The smallest absolute Gasteiger partial charge is 0.328 e. The Balaban J connectivity index is 2.79. The van der Waals surface area contributed by atoms with E-state index in [1.54, 1.807) is 0 Å². The Morgan fingerprint density at radius 2 is 2.17 bits per heavy atom. The zero-order valence-electron chi connectivity index (χ0n) is 7.76. The van der Waals surface area contributed by atoms with E-state index in [0.29, 0.717) is 0 Å². The standard InChI is InChI=1S/C10H16O2/c1-10(2)6-4-3-5-8(10)7-9(11)12/h7H,3-6H2,1-2H3,(H,11,12)/b8-7-. The first kappa shape index (κ1) is 9.30. The molecular weight excluding hydrogens is 152 g/mol. The van der Waals surface area contributed by atoms with Crippen LogP contribution in [-0.2, 0) is 4.79 Å². The third-order valence-corrected chi connectivity index (χ3v) is 2.66. The van der Waals surface area contributed by atoms with E-state index in [2.05, 4.69) is 13.8 Å². The summed E-state index contributed by atoms with van der Waals surface area (Å²) < 4.78 is 0. The van der Waals surface area contributed by atoms with E-state index in [1.165, 1.54) is 12.5 Å². The first-order chi connectivity index (χ1) is 5.52. The molecule has 12 heavy (non-hydrogen) atoms. The first-order valence-corrected chi connectivity index (χ1v) is 4.46. The fourth-order valence-electron chi connectivity index (χ4n) is 1.80. The van der Waals surface area contributed by atoms with Crippen molar-refractivity contribution in [1.29, 1.82) is 0 Å². The quantitative estimate of drug-likeness (QED) is 0.611. The van der Waals surface area contributed by atoms with Crippen molar-refractivity contribution >= 4 is 5.97 Å². The molecular formula is C10H16O2. The van der Waals surface area contributed by atoms with E-state index in [-0.39, 0.29) is 5.41 Å². The van der Waals surface area contributed by atoms with Crippen LogP contribution < -0.4 is 0 Å². The maximum absolute atomic E-state index is 10.5. The van der Waals surface area contributed by atoms with Crippen LogP contribution in [0.2, 0.25) is 0 Å². The highest BCUT2D eigenvalue weighted by molar-refractivity contribution is 5.80. The average molecular weight is 168 g/mol. The van der Waals surface area contributed by atoms with Gasteiger partial charge in [-0.1, -0.05) is 25.8 Å². The third kappa shape index (κ3) is 2.10. The molecule has 1 saturated carbocycles. The molecule has 1 aliphatic rings. The molecule has 2 nitrogen and oxygen atoms in total. The summed E-state index contributed by atoms with van der Waals surface area (Å²) in [6.45, 7) is 4.25. The predicted molar refractivity (Wildman–Crippen MR) is 48.0 cm³/mol. The van der Waals surface area contributed by atoms with Crippen molar-refractivity contribution in [2.45, 2.75) is 39.5 Å². The van der Waals surface area contributed by atoms with Crippen LogP contribution in [0.25, 0.3) is 0 Å². The van der Waals surface area contributed by atoms with Crippen LogP contribution in [0.5, 0.6) is 0 Å². The van der Waals surface area contributed by atoms with Gasteiger partial charge in [0.2, 0.25) is 0 Å². The number of carboxylic acids is 1. The van der Waals surface area contributed by atoms with Gasteiger partial charge in [0.25, 0.3) is 0 Å². The van der Waals surface area contributed by atoms with Crippen molar-refractivity contribution in [2.24, 2.45) is 5.41 Å². The van der Waals surface area contributed by atoms with Gasteiger partial charge in [-0.05, 0) is 24.7 Å². The Labute approximate surface area is 73.3 Å². The Bertz CT molecular complexity index is 214. The minimum Gasteiger partial charge on any atom is -0.478 e. The summed E-state index contributed by atoms with van der Waals surface area (Å²) in [5.41, 5.74) is 1.21. The van der Waals surface area contributed by atoms with E-state index in [4.69, 9.17) is 5.11 Å². The lowest BCUT2D eigenvalue weighted by Crippen LogP contribution is -2.20. The summed E-state index contributed by atoms with van der Waals surface area (Å²) >= 11 is 0. The zero-order chi connectivity index (χ0) is 9.19. The highest BCUT2D eigenvalue weighted by atomic mass is 16.4. The van der Waals surface area contributed by atoms with Crippen molar-refractivity contribution in [3.05, 3.63) is 11.6 Å². The molecule has 0 spiro atoms. The molecule has 1 N–H and O–H groups in total. The minimum absolute atomic E-state index is 0.108. The van der Waals surface area contributed by atoms with Gasteiger partial charge in [-0.3, -0.25) is 0 Å². The molecule has 0 saturated heterocycles. The largest absolute Gasteiger partial charge is 0.478 e. The highest BCUT2D eigenvalue weighted by Crippen LogP contribution is 2.39. The number of hydrogen-bond donors (Lipinski definition) is 1. The second kappa shape index (κ2) is 3.30. The average Bonchev–Trinajstić information content (AvgIpc) is 1.92. The fourth-order valence-corrected chi connectivity index (χ4v) is 1.80. The van der Waals surface area contributed by atoms with Crippen LogP contribution in [-0.4, -0.2) is 11.1 Å². The molecule has 0 amide bonds. The molecule has 1 rings (SSSR count). The number of rotatable bonds is 1. The highest BCUT2D eigenvalue weighted by Gasteiger charge is 2.26. The molecule has 0 heterocycles. The summed E-state index contributed by atoms with van der Waals surface area (Å²) in [5.74, 6) is -0.806.